The maximum Gasteiger partial charge on any atom is 0.335 e. The number of rotatable bonds is 2. The third kappa shape index (κ3) is 2.21. The SMILES string of the molecule is CC1C(=O)NC(=O)N(c2ccc(Cl)c([N+](=O)[O-])c2)C1=O. The number of anilines is 1. The van der Waals surface area contributed by atoms with Crippen LogP contribution in [0, 0.1) is 16.0 Å². The molecule has 104 valence electrons. The van der Waals surface area contributed by atoms with E-state index in [2.05, 4.69) is 0 Å². The Hall–Kier alpha value is -2.48. The van der Waals surface area contributed by atoms with Crippen molar-refractivity contribution in [1.82, 2.24) is 5.32 Å². The average Bonchev–Trinajstić information content (AvgIpc) is 2.37. The summed E-state index contributed by atoms with van der Waals surface area (Å²) in [6.45, 7) is 1.33. The number of nitro benzene ring substituents is 1. The van der Waals surface area contributed by atoms with E-state index in [0.717, 1.165) is 6.07 Å². The van der Waals surface area contributed by atoms with E-state index in [0.29, 0.717) is 4.90 Å². The first-order valence-corrected chi connectivity index (χ1v) is 5.83. The molecule has 0 spiro atoms. The number of carbonyl (C=O) groups excluding carboxylic acids is 3. The largest absolute Gasteiger partial charge is 0.335 e. The minimum absolute atomic E-state index is 0.0250. The van der Waals surface area contributed by atoms with Crippen molar-refractivity contribution in [1.29, 1.82) is 0 Å². The van der Waals surface area contributed by atoms with E-state index in [-0.39, 0.29) is 10.7 Å². The Labute approximate surface area is 117 Å². The topological polar surface area (TPSA) is 110 Å². The van der Waals surface area contributed by atoms with Gasteiger partial charge in [-0.1, -0.05) is 11.6 Å². The van der Waals surface area contributed by atoms with Crippen molar-refractivity contribution < 1.29 is 19.3 Å². The lowest BCUT2D eigenvalue weighted by atomic mass is 10.1. The molecule has 0 aromatic heterocycles. The molecule has 9 heteroatoms. The standard InChI is InChI=1S/C11H8ClN3O5/c1-5-9(16)13-11(18)14(10(5)17)6-2-3-7(12)8(4-6)15(19)20/h2-5H,1H3,(H,13,16,18). The van der Waals surface area contributed by atoms with Gasteiger partial charge < -0.3 is 0 Å². The quantitative estimate of drug-likeness (QED) is 0.505. The average molecular weight is 298 g/mol. The van der Waals surface area contributed by atoms with Crippen molar-refractivity contribution in [2.45, 2.75) is 6.92 Å². The summed E-state index contributed by atoms with van der Waals surface area (Å²) in [6, 6.07) is 2.55. The zero-order valence-corrected chi connectivity index (χ0v) is 10.9. The van der Waals surface area contributed by atoms with Gasteiger partial charge in [0.2, 0.25) is 11.8 Å². The number of urea groups is 1. The molecule has 2 rings (SSSR count). The van der Waals surface area contributed by atoms with E-state index in [4.69, 9.17) is 11.6 Å². The fourth-order valence-corrected chi connectivity index (χ4v) is 1.89. The number of barbiturate groups is 1. The van der Waals surface area contributed by atoms with Crippen LogP contribution < -0.4 is 10.2 Å². The van der Waals surface area contributed by atoms with Crippen molar-refractivity contribution in [3.8, 4) is 0 Å². The number of nitrogens with one attached hydrogen (secondary N) is 1. The first-order chi connectivity index (χ1) is 9.32. The summed E-state index contributed by atoms with van der Waals surface area (Å²) in [5, 5.41) is 12.7. The highest BCUT2D eigenvalue weighted by atomic mass is 35.5. The minimum atomic E-state index is -1.05. The van der Waals surface area contributed by atoms with Crippen LogP contribution in [0.3, 0.4) is 0 Å². The lowest BCUT2D eigenvalue weighted by Crippen LogP contribution is -2.57. The number of imide groups is 2. The summed E-state index contributed by atoms with van der Waals surface area (Å²) in [5.74, 6) is -2.52. The van der Waals surface area contributed by atoms with Gasteiger partial charge in [0.1, 0.15) is 10.9 Å². The van der Waals surface area contributed by atoms with Crippen LogP contribution in [0.4, 0.5) is 16.2 Å². The monoisotopic (exact) mass is 297 g/mol. The lowest BCUT2D eigenvalue weighted by molar-refractivity contribution is -0.384. The molecule has 1 aliphatic heterocycles. The van der Waals surface area contributed by atoms with Gasteiger partial charge in [-0.05, 0) is 19.1 Å². The Bertz CT molecular complexity index is 645. The molecule has 0 radical (unpaired) electrons. The second kappa shape index (κ2) is 4.89. The van der Waals surface area contributed by atoms with Crippen LogP contribution in [0.5, 0.6) is 0 Å². The Morgan fingerprint density at radius 3 is 2.60 bits per heavy atom. The summed E-state index contributed by atoms with van der Waals surface area (Å²) in [6.07, 6.45) is 0. The van der Waals surface area contributed by atoms with Crippen molar-refractivity contribution in [3.05, 3.63) is 33.3 Å². The van der Waals surface area contributed by atoms with Crippen LogP contribution in [0.15, 0.2) is 18.2 Å². The molecule has 1 heterocycles. The van der Waals surface area contributed by atoms with Gasteiger partial charge in [0.15, 0.2) is 0 Å². The van der Waals surface area contributed by atoms with Gasteiger partial charge in [-0.2, -0.15) is 0 Å². The normalized spacial score (nSPS) is 19.0. The lowest BCUT2D eigenvalue weighted by Gasteiger charge is -2.28. The summed E-state index contributed by atoms with van der Waals surface area (Å²) in [5.41, 5.74) is -0.461. The molecule has 1 aromatic rings. The van der Waals surface area contributed by atoms with E-state index < -0.39 is 34.4 Å². The molecule has 1 atom stereocenters. The van der Waals surface area contributed by atoms with Gasteiger partial charge in [0.05, 0.1) is 10.6 Å². The Balaban J connectivity index is 2.48. The summed E-state index contributed by atoms with van der Waals surface area (Å²) >= 11 is 5.65. The Kier molecular flexibility index (Phi) is 3.41. The van der Waals surface area contributed by atoms with Crippen molar-refractivity contribution in [3.63, 3.8) is 0 Å². The molecule has 1 fully saturated rings. The van der Waals surface area contributed by atoms with Crippen molar-refractivity contribution >= 4 is 40.8 Å². The van der Waals surface area contributed by atoms with Crippen LogP contribution in [0.2, 0.25) is 5.02 Å². The van der Waals surface area contributed by atoms with Crippen LogP contribution in [0.25, 0.3) is 0 Å². The van der Waals surface area contributed by atoms with Gasteiger partial charge >= 0.3 is 6.03 Å². The molecule has 1 aliphatic rings. The highest BCUT2D eigenvalue weighted by molar-refractivity contribution is 6.33. The third-order valence-corrected chi connectivity index (χ3v) is 3.12. The predicted octanol–water partition coefficient (Wildman–Crippen LogP) is 1.47. The van der Waals surface area contributed by atoms with Crippen molar-refractivity contribution in [2.24, 2.45) is 5.92 Å². The minimum Gasteiger partial charge on any atom is -0.277 e. The van der Waals surface area contributed by atoms with Crippen LogP contribution in [-0.4, -0.2) is 22.8 Å². The van der Waals surface area contributed by atoms with E-state index in [1.807, 2.05) is 5.32 Å². The molecular formula is C11H8ClN3O5. The third-order valence-electron chi connectivity index (χ3n) is 2.80. The molecule has 1 saturated heterocycles. The number of nitro groups is 1. The molecule has 1 aromatic carbocycles. The van der Waals surface area contributed by atoms with Crippen molar-refractivity contribution in [2.75, 3.05) is 4.90 Å². The number of carbonyl (C=O) groups is 3. The fraction of sp³-hybridized carbons (Fsp3) is 0.182. The molecule has 0 saturated carbocycles. The number of benzene rings is 1. The van der Waals surface area contributed by atoms with Gasteiger partial charge in [-0.3, -0.25) is 25.0 Å². The van der Waals surface area contributed by atoms with Crippen LogP contribution in [0.1, 0.15) is 6.92 Å². The highest BCUT2D eigenvalue weighted by Crippen LogP contribution is 2.30. The first kappa shape index (κ1) is 13.9. The number of hydrogen-bond donors (Lipinski definition) is 1. The number of halogens is 1. The maximum absolute atomic E-state index is 12.0. The number of hydrogen-bond acceptors (Lipinski definition) is 5. The Morgan fingerprint density at radius 2 is 2.00 bits per heavy atom. The summed E-state index contributed by atoms with van der Waals surface area (Å²) in [4.78, 5) is 45.7. The van der Waals surface area contributed by atoms with Gasteiger partial charge in [-0.15, -0.1) is 0 Å². The van der Waals surface area contributed by atoms with E-state index >= 15 is 0 Å². The van der Waals surface area contributed by atoms with Gasteiger partial charge in [-0.25, -0.2) is 9.69 Å². The molecule has 4 amide bonds. The molecular weight excluding hydrogens is 290 g/mol. The molecule has 1 N–H and O–H groups in total. The number of amides is 4. The van der Waals surface area contributed by atoms with E-state index in [9.17, 15) is 24.5 Å². The molecule has 0 aliphatic carbocycles. The molecule has 20 heavy (non-hydrogen) atoms. The maximum atomic E-state index is 12.0. The molecule has 1 unspecified atom stereocenters. The second-order valence-electron chi connectivity index (χ2n) is 4.08. The van der Waals surface area contributed by atoms with Gasteiger partial charge in [0, 0.05) is 6.07 Å². The van der Waals surface area contributed by atoms with Crippen LogP contribution >= 0.6 is 11.6 Å². The zero-order valence-electron chi connectivity index (χ0n) is 10.1. The second-order valence-corrected chi connectivity index (χ2v) is 4.49. The van der Waals surface area contributed by atoms with Gasteiger partial charge in [0.25, 0.3) is 5.69 Å². The highest BCUT2D eigenvalue weighted by Gasteiger charge is 2.38. The summed E-state index contributed by atoms with van der Waals surface area (Å²) < 4.78 is 0. The zero-order chi connectivity index (χ0) is 15.0. The summed E-state index contributed by atoms with van der Waals surface area (Å²) in [7, 11) is 0. The smallest absolute Gasteiger partial charge is 0.277 e. The fourth-order valence-electron chi connectivity index (χ4n) is 1.70. The Morgan fingerprint density at radius 1 is 1.35 bits per heavy atom. The number of nitrogens with zero attached hydrogens (tertiary/aromatic N) is 2. The molecule has 0 bridgehead atoms. The van der Waals surface area contributed by atoms with Crippen LogP contribution in [-0.2, 0) is 9.59 Å². The first-order valence-electron chi connectivity index (χ1n) is 5.45. The van der Waals surface area contributed by atoms with E-state index in [1.165, 1.54) is 19.1 Å². The molecule has 8 nitrogen and oxygen atoms in total. The predicted molar refractivity (Wildman–Crippen MR) is 68.3 cm³/mol. The van der Waals surface area contributed by atoms with E-state index in [1.54, 1.807) is 0 Å².